The van der Waals surface area contributed by atoms with Gasteiger partial charge in [0.05, 0.1) is 17.9 Å². The van der Waals surface area contributed by atoms with Crippen molar-refractivity contribution >= 4 is 17.8 Å². The summed E-state index contributed by atoms with van der Waals surface area (Å²) in [6, 6.07) is 16.1. The number of aromatic nitrogens is 2. The molecule has 0 N–H and O–H groups in total. The number of carbonyl (C=O) groups is 1. The highest BCUT2D eigenvalue weighted by atomic mass is 19.3. The van der Waals surface area contributed by atoms with Crippen LogP contribution in [-0.2, 0) is 11.3 Å². The fourth-order valence-corrected chi connectivity index (χ4v) is 5.09. The second-order valence-corrected chi connectivity index (χ2v) is 10.1. The third-order valence-electron chi connectivity index (χ3n) is 7.45. The number of likely N-dealkylation sites (tertiary alicyclic amines) is 1. The number of hydrogen-bond donors (Lipinski definition) is 0. The van der Waals surface area contributed by atoms with Crippen molar-refractivity contribution < 1.29 is 26.8 Å². The Balaban J connectivity index is 1.47. The van der Waals surface area contributed by atoms with Crippen LogP contribution in [-0.4, -0.2) is 54.7 Å². The van der Waals surface area contributed by atoms with Crippen molar-refractivity contribution in [3.05, 3.63) is 83.8 Å². The monoisotopic (exact) mass is 567 g/mol. The fraction of sp³-hybridized carbons (Fsp3) is 0.300. The number of halogens is 4. The third kappa shape index (κ3) is 6.25. The number of piperidine rings is 1. The lowest BCUT2D eigenvalue weighted by atomic mass is 10.00. The molecule has 1 aliphatic heterocycles. The molecular formula is C30H29F4N5O2. The van der Waals surface area contributed by atoms with Crippen molar-refractivity contribution in [2.75, 3.05) is 37.0 Å². The smallest absolute Gasteiger partial charge is 0.314 e. The van der Waals surface area contributed by atoms with E-state index in [1.807, 2.05) is 25.2 Å². The second-order valence-electron chi connectivity index (χ2n) is 10.1. The highest BCUT2D eigenvalue weighted by Gasteiger charge is 2.25. The maximum Gasteiger partial charge on any atom is 0.314 e. The Morgan fingerprint density at radius 2 is 1.71 bits per heavy atom. The van der Waals surface area contributed by atoms with Crippen molar-refractivity contribution in [1.82, 2.24) is 15.1 Å². The van der Waals surface area contributed by atoms with Gasteiger partial charge in [-0.05, 0) is 80.5 Å². The normalized spacial score (nSPS) is 14.4. The van der Waals surface area contributed by atoms with Crippen LogP contribution < -0.4 is 9.80 Å². The summed E-state index contributed by atoms with van der Waals surface area (Å²) in [4.78, 5) is 18.2. The van der Waals surface area contributed by atoms with Crippen molar-refractivity contribution in [1.29, 1.82) is 0 Å². The summed E-state index contributed by atoms with van der Waals surface area (Å²) in [6.07, 6.45) is -0.438. The molecule has 0 atom stereocenters. The molecule has 7 nitrogen and oxygen atoms in total. The van der Waals surface area contributed by atoms with Crippen LogP contribution in [0.3, 0.4) is 0 Å². The number of benzene rings is 3. The summed E-state index contributed by atoms with van der Waals surface area (Å²) >= 11 is 0. The van der Waals surface area contributed by atoms with Gasteiger partial charge >= 0.3 is 6.43 Å². The lowest BCUT2D eigenvalue weighted by Crippen LogP contribution is -2.42. The van der Waals surface area contributed by atoms with E-state index in [1.165, 1.54) is 29.2 Å². The van der Waals surface area contributed by atoms with Gasteiger partial charge in [0.25, 0.3) is 5.89 Å². The zero-order valence-electron chi connectivity index (χ0n) is 22.6. The molecule has 0 saturated carbocycles. The Morgan fingerprint density at radius 3 is 2.37 bits per heavy atom. The Bertz CT molecular complexity index is 1520. The third-order valence-corrected chi connectivity index (χ3v) is 7.45. The van der Waals surface area contributed by atoms with Crippen LogP contribution in [0, 0.1) is 11.6 Å². The number of alkyl halides is 2. The highest BCUT2D eigenvalue weighted by molar-refractivity contribution is 5.87. The lowest BCUT2D eigenvalue weighted by Gasteiger charge is -2.38. The number of anilines is 2. The van der Waals surface area contributed by atoms with Gasteiger partial charge in [-0.15, -0.1) is 10.2 Å². The first-order valence-corrected chi connectivity index (χ1v) is 13.2. The first kappa shape index (κ1) is 28.3. The van der Waals surface area contributed by atoms with Crippen molar-refractivity contribution in [3.63, 3.8) is 0 Å². The molecule has 1 amide bonds. The fourth-order valence-electron chi connectivity index (χ4n) is 5.09. The molecular weight excluding hydrogens is 538 g/mol. The van der Waals surface area contributed by atoms with Crippen LogP contribution in [0.15, 0.2) is 65.1 Å². The van der Waals surface area contributed by atoms with E-state index in [0.717, 1.165) is 43.2 Å². The Kier molecular flexibility index (Phi) is 8.34. The number of nitrogens with zero attached hydrogens (tertiary/aromatic N) is 5. The minimum absolute atomic E-state index is 0.0880. The van der Waals surface area contributed by atoms with Gasteiger partial charge in [0, 0.05) is 24.2 Å². The summed E-state index contributed by atoms with van der Waals surface area (Å²) in [5.41, 5.74) is 3.17. The van der Waals surface area contributed by atoms with Gasteiger partial charge < -0.3 is 19.1 Å². The second kappa shape index (κ2) is 12.1. The van der Waals surface area contributed by atoms with E-state index in [-0.39, 0.29) is 35.4 Å². The highest BCUT2D eigenvalue weighted by Crippen LogP contribution is 2.37. The zero-order chi connectivity index (χ0) is 29.1. The molecule has 0 aliphatic carbocycles. The molecule has 1 aliphatic rings. The van der Waals surface area contributed by atoms with E-state index >= 15 is 4.39 Å². The van der Waals surface area contributed by atoms with Crippen LogP contribution in [0.5, 0.6) is 0 Å². The minimum atomic E-state index is -2.93. The molecule has 1 saturated heterocycles. The maximum atomic E-state index is 15.2. The molecule has 11 heteroatoms. The number of carbonyl (C=O) groups excluding carboxylic acids is 1. The van der Waals surface area contributed by atoms with Crippen LogP contribution >= 0.6 is 0 Å². The van der Waals surface area contributed by atoms with Gasteiger partial charge in [0.1, 0.15) is 11.6 Å². The molecule has 0 spiro atoms. The molecule has 3 aromatic carbocycles. The predicted octanol–water partition coefficient (Wildman–Crippen LogP) is 6.31. The lowest BCUT2D eigenvalue weighted by molar-refractivity contribution is -0.107. The summed E-state index contributed by atoms with van der Waals surface area (Å²) in [7, 11) is 4.05. The standard InChI is InChI=1S/C30H29F4N5O2/c1-37-12-10-24(11-13-37)38(2)27-16-20(19-4-3-5-23(31)14-19)8-9-26(27)39(18-40)17-22-7-6-21(15-25(22)32)29-35-36-30(41-29)28(33)34/h3-9,14-16,18,24,28H,10-13,17H2,1-2H3. The van der Waals surface area contributed by atoms with Crippen molar-refractivity contribution in [3.8, 4) is 22.6 Å². The van der Waals surface area contributed by atoms with Crippen LogP contribution in [0.1, 0.15) is 30.7 Å². The van der Waals surface area contributed by atoms with E-state index in [1.54, 1.807) is 12.1 Å². The molecule has 1 aromatic heterocycles. The molecule has 1 fully saturated rings. The average Bonchev–Trinajstić information content (AvgIpc) is 3.47. The Morgan fingerprint density at radius 1 is 0.976 bits per heavy atom. The van der Waals surface area contributed by atoms with Crippen molar-refractivity contribution in [2.45, 2.75) is 31.9 Å². The molecule has 0 radical (unpaired) electrons. The Hall–Kier alpha value is -4.25. The summed E-state index contributed by atoms with van der Waals surface area (Å²) < 4.78 is 59.7. The molecule has 0 bridgehead atoms. The van der Waals surface area contributed by atoms with Gasteiger partial charge in [-0.1, -0.05) is 24.3 Å². The van der Waals surface area contributed by atoms with Crippen LogP contribution in [0.2, 0.25) is 0 Å². The maximum absolute atomic E-state index is 15.2. The zero-order valence-corrected chi connectivity index (χ0v) is 22.6. The SMILES string of the molecule is CN1CCC(N(C)c2cc(-c3cccc(F)c3)ccc2N(C=O)Cc2ccc(-c3nnc(C(F)F)o3)cc2F)CC1. The van der Waals surface area contributed by atoms with Gasteiger partial charge in [-0.3, -0.25) is 4.79 Å². The molecule has 5 rings (SSSR count). The van der Waals surface area contributed by atoms with Crippen LogP contribution in [0.25, 0.3) is 22.6 Å². The van der Waals surface area contributed by atoms with Gasteiger partial charge in [-0.2, -0.15) is 8.78 Å². The summed E-state index contributed by atoms with van der Waals surface area (Å²) in [5, 5.41) is 6.84. The number of rotatable bonds is 9. The summed E-state index contributed by atoms with van der Waals surface area (Å²) in [6.45, 7) is 1.78. The van der Waals surface area contributed by atoms with E-state index in [9.17, 15) is 18.0 Å². The van der Waals surface area contributed by atoms with Gasteiger partial charge in [-0.25, -0.2) is 8.78 Å². The Labute approximate surface area is 235 Å². The first-order chi connectivity index (χ1) is 19.7. The van der Waals surface area contributed by atoms with Crippen LogP contribution in [0.4, 0.5) is 28.9 Å². The molecule has 214 valence electrons. The van der Waals surface area contributed by atoms with E-state index < -0.39 is 18.1 Å². The largest absolute Gasteiger partial charge is 0.415 e. The molecule has 4 aromatic rings. The average molecular weight is 568 g/mol. The molecule has 41 heavy (non-hydrogen) atoms. The predicted molar refractivity (Wildman–Crippen MR) is 148 cm³/mol. The molecule has 0 unspecified atom stereocenters. The number of amides is 1. The number of hydrogen-bond acceptors (Lipinski definition) is 6. The van der Waals surface area contributed by atoms with Gasteiger partial charge in [0.2, 0.25) is 12.3 Å². The summed E-state index contributed by atoms with van der Waals surface area (Å²) in [5.74, 6) is -2.09. The van der Waals surface area contributed by atoms with E-state index in [4.69, 9.17) is 4.42 Å². The van der Waals surface area contributed by atoms with E-state index in [0.29, 0.717) is 17.7 Å². The first-order valence-electron chi connectivity index (χ1n) is 13.2. The topological polar surface area (TPSA) is 65.7 Å². The minimum Gasteiger partial charge on any atom is -0.415 e. The van der Waals surface area contributed by atoms with E-state index in [2.05, 4.69) is 27.0 Å². The van der Waals surface area contributed by atoms with Crippen molar-refractivity contribution in [2.24, 2.45) is 0 Å². The quantitative estimate of drug-likeness (QED) is 0.174. The molecule has 2 heterocycles. The van der Waals surface area contributed by atoms with Gasteiger partial charge in [0.15, 0.2) is 0 Å².